The van der Waals surface area contributed by atoms with Crippen molar-refractivity contribution in [2.75, 3.05) is 26.8 Å². The van der Waals surface area contributed by atoms with Crippen LogP contribution in [0.2, 0.25) is 0 Å². The minimum Gasteiger partial charge on any atom is -0.493 e. The normalized spacial score (nSPS) is 22.8. The van der Waals surface area contributed by atoms with Crippen molar-refractivity contribution >= 4 is 5.91 Å². The Morgan fingerprint density at radius 3 is 2.54 bits per heavy atom. The number of methoxy groups -OCH3 is 1. The van der Waals surface area contributed by atoms with E-state index in [9.17, 15) is 4.79 Å². The van der Waals surface area contributed by atoms with Crippen LogP contribution in [0.15, 0.2) is 18.2 Å². The summed E-state index contributed by atoms with van der Waals surface area (Å²) < 4.78 is 11.4. The van der Waals surface area contributed by atoms with Gasteiger partial charge in [0.25, 0.3) is 11.4 Å². The van der Waals surface area contributed by atoms with Crippen molar-refractivity contribution < 1.29 is 19.5 Å². The molecule has 0 radical (unpaired) electrons. The van der Waals surface area contributed by atoms with Crippen molar-refractivity contribution in [1.29, 1.82) is 0 Å². The molecule has 1 aromatic carbocycles. The number of hydrogen-bond acceptors (Lipinski definition) is 5. The molecule has 2 N–H and O–H groups in total. The summed E-state index contributed by atoms with van der Waals surface area (Å²) in [5.41, 5.74) is 1.56. The summed E-state index contributed by atoms with van der Waals surface area (Å²) in [5, 5.41) is 9.04. The first-order valence-corrected chi connectivity index (χ1v) is 9.96. The monoisotopic (exact) mass is 385 g/mol. The largest absolute Gasteiger partial charge is 0.493 e. The van der Waals surface area contributed by atoms with Gasteiger partial charge in [-0.05, 0) is 49.8 Å². The maximum Gasteiger partial charge on any atom is 0.263 e. The van der Waals surface area contributed by atoms with E-state index >= 15 is 0 Å². The lowest BCUT2D eigenvalue weighted by molar-refractivity contribution is -0.137. The molecule has 7 nitrogen and oxygen atoms in total. The van der Waals surface area contributed by atoms with Gasteiger partial charge in [0.2, 0.25) is 0 Å². The average molecular weight is 385 g/mol. The van der Waals surface area contributed by atoms with E-state index in [0.717, 1.165) is 18.4 Å². The van der Waals surface area contributed by atoms with E-state index < -0.39 is 11.1 Å². The number of carbonyl (C=O) groups is 1. The number of likely N-dealkylation sites (tertiary alicyclic amines) is 1. The summed E-state index contributed by atoms with van der Waals surface area (Å²) in [6.45, 7) is 9.90. The number of carbonyl (C=O) groups excluding carboxylic acids is 1. The molecule has 2 aliphatic carbocycles. The SMILES string of the molecule is [C-]#[N+]C1(c2ccc(OC)c(OCC3CC3)c2)CCN(C2(C(=O)NO)CC2)CC1. The summed E-state index contributed by atoms with van der Waals surface area (Å²) in [5.74, 6) is 1.70. The summed E-state index contributed by atoms with van der Waals surface area (Å²) in [4.78, 5) is 18.2. The van der Waals surface area contributed by atoms with Crippen LogP contribution in [-0.4, -0.2) is 48.4 Å². The van der Waals surface area contributed by atoms with Crippen LogP contribution in [0.25, 0.3) is 4.85 Å². The lowest BCUT2D eigenvalue weighted by Crippen LogP contribution is -2.53. The molecule has 1 aliphatic heterocycles. The van der Waals surface area contributed by atoms with Crippen LogP contribution >= 0.6 is 0 Å². The smallest absolute Gasteiger partial charge is 0.263 e. The van der Waals surface area contributed by atoms with Gasteiger partial charge in [-0.25, -0.2) is 12.1 Å². The Bertz CT molecular complexity index is 787. The van der Waals surface area contributed by atoms with Crippen LogP contribution in [0.5, 0.6) is 11.5 Å². The predicted molar refractivity (Wildman–Crippen MR) is 102 cm³/mol. The quantitative estimate of drug-likeness (QED) is 0.429. The van der Waals surface area contributed by atoms with Gasteiger partial charge in [0.15, 0.2) is 11.5 Å². The summed E-state index contributed by atoms with van der Waals surface area (Å²) >= 11 is 0. The highest BCUT2D eigenvalue weighted by molar-refractivity contribution is 5.88. The van der Waals surface area contributed by atoms with Crippen LogP contribution < -0.4 is 15.0 Å². The van der Waals surface area contributed by atoms with Crippen LogP contribution in [0, 0.1) is 12.5 Å². The van der Waals surface area contributed by atoms with E-state index in [1.807, 2.05) is 23.7 Å². The standard InChI is InChI=1S/C21H27N3O4/c1-22-20(9-11-24(12-10-20)21(7-8-21)19(25)23-26)16-5-6-17(27-2)18(13-16)28-14-15-3-4-15/h5-6,13,15,26H,3-4,7-12,14H2,2H3,(H,23,25). The summed E-state index contributed by atoms with van der Waals surface area (Å²) in [7, 11) is 1.63. The van der Waals surface area contributed by atoms with Gasteiger partial charge in [-0.3, -0.25) is 14.9 Å². The fraction of sp³-hybridized carbons (Fsp3) is 0.619. The molecule has 1 saturated heterocycles. The Hall–Kier alpha value is -2.30. The number of benzene rings is 1. The first-order chi connectivity index (χ1) is 13.6. The molecular weight excluding hydrogens is 358 g/mol. The number of hydrogen-bond donors (Lipinski definition) is 2. The highest BCUT2D eigenvalue weighted by atomic mass is 16.5. The first kappa shape index (κ1) is 19.0. The fourth-order valence-corrected chi connectivity index (χ4v) is 4.25. The maximum atomic E-state index is 12.0. The predicted octanol–water partition coefficient (Wildman–Crippen LogP) is 2.73. The molecule has 1 heterocycles. The molecule has 7 heteroatoms. The number of rotatable bonds is 7. The Morgan fingerprint density at radius 1 is 1.29 bits per heavy atom. The Morgan fingerprint density at radius 2 is 2.00 bits per heavy atom. The van der Waals surface area contributed by atoms with Crippen molar-refractivity contribution in [2.24, 2.45) is 5.92 Å². The molecule has 0 bridgehead atoms. The highest BCUT2D eigenvalue weighted by Gasteiger charge is 2.57. The Kier molecular flexibility index (Phi) is 4.94. The van der Waals surface area contributed by atoms with Gasteiger partial charge >= 0.3 is 0 Å². The zero-order chi connectivity index (χ0) is 19.8. The van der Waals surface area contributed by atoms with E-state index in [1.54, 1.807) is 7.11 Å². The van der Waals surface area contributed by atoms with Crippen LogP contribution in [0.3, 0.4) is 0 Å². The van der Waals surface area contributed by atoms with Crippen LogP contribution in [-0.2, 0) is 10.3 Å². The number of piperidine rings is 1. The van der Waals surface area contributed by atoms with Gasteiger partial charge in [-0.15, -0.1) is 0 Å². The minimum atomic E-state index is -0.619. The second kappa shape index (κ2) is 7.26. The van der Waals surface area contributed by atoms with E-state index in [4.69, 9.17) is 21.3 Å². The van der Waals surface area contributed by atoms with E-state index in [2.05, 4.69) is 9.74 Å². The minimum absolute atomic E-state index is 0.331. The van der Waals surface area contributed by atoms with Crippen LogP contribution in [0.1, 0.15) is 44.1 Å². The molecule has 0 atom stereocenters. The van der Waals surface area contributed by atoms with Gasteiger partial charge < -0.3 is 14.3 Å². The molecule has 3 fully saturated rings. The summed E-state index contributed by atoms with van der Waals surface area (Å²) in [6, 6.07) is 5.81. The number of nitrogens with zero attached hydrogens (tertiary/aromatic N) is 2. The molecule has 1 amide bonds. The lowest BCUT2D eigenvalue weighted by atomic mass is 9.81. The van der Waals surface area contributed by atoms with Gasteiger partial charge in [0, 0.05) is 31.5 Å². The van der Waals surface area contributed by atoms with Crippen molar-refractivity contribution in [2.45, 2.75) is 49.6 Å². The second-order valence-electron chi connectivity index (χ2n) is 8.22. The second-order valence-corrected chi connectivity index (χ2v) is 8.22. The third kappa shape index (κ3) is 3.31. The van der Waals surface area contributed by atoms with Crippen LogP contribution in [0.4, 0.5) is 0 Å². The summed E-state index contributed by atoms with van der Waals surface area (Å²) in [6.07, 6.45) is 5.23. The van der Waals surface area contributed by atoms with Gasteiger partial charge in [0.05, 0.1) is 13.7 Å². The molecule has 150 valence electrons. The number of nitrogens with one attached hydrogen (secondary N) is 1. The van der Waals surface area contributed by atoms with E-state index in [1.165, 1.54) is 12.8 Å². The Balaban J connectivity index is 1.51. The lowest BCUT2D eigenvalue weighted by Gasteiger charge is -2.38. The topological polar surface area (TPSA) is 75.4 Å². The molecule has 2 saturated carbocycles. The third-order valence-corrected chi connectivity index (χ3v) is 6.53. The molecule has 1 aromatic rings. The number of amides is 1. The van der Waals surface area contributed by atoms with E-state index in [0.29, 0.717) is 50.0 Å². The fourth-order valence-electron chi connectivity index (χ4n) is 4.25. The zero-order valence-corrected chi connectivity index (χ0v) is 16.2. The molecule has 3 aliphatic rings. The van der Waals surface area contributed by atoms with Crippen molar-refractivity contribution in [3.05, 3.63) is 35.2 Å². The van der Waals surface area contributed by atoms with Crippen molar-refractivity contribution in [1.82, 2.24) is 10.4 Å². The highest BCUT2D eigenvalue weighted by Crippen LogP contribution is 2.47. The maximum absolute atomic E-state index is 12.0. The van der Waals surface area contributed by atoms with Crippen molar-refractivity contribution in [3.63, 3.8) is 0 Å². The first-order valence-electron chi connectivity index (χ1n) is 9.96. The van der Waals surface area contributed by atoms with Gasteiger partial charge in [0.1, 0.15) is 5.54 Å². The molecular formula is C21H27N3O4. The van der Waals surface area contributed by atoms with Crippen molar-refractivity contribution in [3.8, 4) is 11.5 Å². The van der Waals surface area contributed by atoms with E-state index in [-0.39, 0.29) is 5.91 Å². The van der Waals surface area contributed by atoms with Gasteiger partial charge in [-0.1, -0.05) is 0 Å². The molecule has 0 unspecified atom stereocenters. The average Bonchev–Trinajstić information content (AvgIpc) is 3.66. The molecule has 4 rings (SSSR count). The molecule has 0 spiro atoms. The molecule has 28 heavy (non-hydrogen) atoms. The number of ether oxygens (including phenoxy) is 2. The third-order valence-electron chi connectivity index (χ3n) is 6.53. The number of hydroxylamine groups is 1. The Labute approximate surface area is 165 Å². The van der Waals surface area contributed by atoms with Gasteiger partial charge in [-0.2, -0.15) is 0 Å². The molecule has 0 aromatic heterocycles. The zero-order valence-electron chi connectivity index (χ0n) is 16.2.